The number of nitrogens with zero attached hydrogens (tertiary/aromatic N) is 1. The fourth-order valence-electron chi connectivity index (χ4n) is 3.85. The number of carboxylic acid groups (broad SMARTS) is 1. The van der Waals surface area contributed by atoms with Gasteiger partial charge in [-0.2, -0.15) is 0 Å². The summed E-state index contributed by atoms with van der Waals surface area (Å²) in [4.78, 5) is 26.3. The highest BCUT2D eigenvalue weighted by Gasteiger charge is 2.41. The van der Waals surface area contributed by atoms with E-state index in [2.05, 4.69) is 0 Å². The molecule has 1 atom stereocenters. The zero-order valence-corrected chi connectivity index (χ0v) is 17.2. The van der Waals surface area contributed by atoms with Gasteiger partial charge in [0, 0.05) is 33.9 Å². The van der Waals surface area contributed by atoms with Crippen LogP contribution in [0.3, 0.4) is 0 Å². The smallest absolute Gasteiger partial charge is 0.335 e. The maximum absolute atomic E-state index is 14.1. The van der Waals surface area contributed by atoms with Crippen molar-refractivity contribution >= 4 is 29.2 Å². The topological polar surface area (TPSA) is 92.9 Å². The van der Waals surface area contributed by atoms with Crippen LogP contribution in [0.2, 0.25) is 5.02 Å². The summed E-state index contributed by atoms with van der Waals surface area (Å²) >= 11 is 6.38. The lowest BCUT2D eigenvalue weighted by atomic mass is 9.94. The molecule has 1 heterocycles. The zero-order valence-electron chi connectivity index (χ0n) is 16.4. The fraction of sp³-hybridized carbons (Fsp3) is 0.130. The molecule has 1 amide bonds. The normalized spacial score (nSPS) is 15.1. The first-order valence-electron chi connectivity index (χ1n) is 9.35. The SMILES string of the molecule is COc1ccc(CN2C(=O)c3cc(C(=O)O)cc(N)c3C2c2cc(F)ccc2Cl)cc1. The van der Waals surface area contributed by atoms with Gasteiger partial charge in [0.05, 0.1) is 18.7 Å². The van der Waals surface area contributed by atoms with Crippen molar-refractivity contribution in [2.45, 2.75) is 12.6 Å². The summed E-state index contributed by atoms with van der Waals surface area (Å²) in [7, 11) is 1.56. The number of benzene rings is 3. The second kappa shape index (κ2) is 7.92. The number of carbonyl (C=O) groups excluding carboxylic acids is 1. The Bertz CT molecular complexity index is 1200. The van der Waals surface area contributed by atoms with Crippen LogP contribution >= 0.6 is 11.6 Å². The number of anilines is 1. The Labute approximate surface area is 182 Å². The number of carboxylic acids is 1. The first-order valence-corrected chi connectivity index (χ1v) is 9.73. The van der Waals surface area contributed by atoms with E-state index in [-0.39, 0.29) is 28.4 Å². The number of hydrogen-bond acceptors (Lipinski definition) is 4. The Morgan fingerprint density at radius 3 is 2.55 bits per heavy atom. The number of nitrogen functional groups attached to an aromatic ring is 1. The lowest BCUT2D eigenvalue weighted by Gasteiger charge is -2.27. The number of nitrogens with two attached hydrogens (primary N) is 1. The van der Waals surface area contributed by atoms with E-state index in [0.29, 0.717) is 16.9 Å². The van der Waals surface area contributed by atoms with Gasteiger partial charge in [-0.1, -0.05) is 23.7 Å². The predicted molar refractivity (Wildman–Crippen MR) is 114 cm³/mol. The molecule has 3 aromatic rings. The number of hydrogen-bond donors (Lipinski definition) is 2. The van der Waals surface area contributed by atoms with E-state index < -0.39 is 23.7 Å². The Morgan fingerprint density at radius 1 is 1.19 bits per heavy atom. The molecule has 0 saturated heterocycles. The van der Waals surface area contributed by atoms with Gasteiger partial charge in [0.1, 0.15) is 11.6 Å². The van der Waals surface area contributed by atoms with Crippen LogP contribution in [0.25, 0.3) is 0 Å². The second-order valence-electron chi connectivity index (χ2n) is 7.18. The summed E-state index contributed by atoms with van der Waals surface area (Å²) in [5.74, 6) is -1.45. The molecule has 0 bridgehead atoms. The van der Waals surface area contributed by atoms with Crippen molar-refractivity contribution < 1.29 is 23.8 Å². The van der Waals surface area contributed by atoms with Crippen LogP contribution in [0.15, 0.2) is 54.6 Å². The van der Waals surface area contributed by atoms with Gasteiger partial charge in [-0.15, -0.1) is 0 Å². The van der Waals surface area contributed by atoms with Crippen LogP contribution in [0.4, 0.5) is 10.1 Å². The van der Waals surface area contributed by atoms with E-state index in [9.17, 15) is 19.1 Å². The molecule has 158 valence electrons. The summed E-state index contributed by atoms with van der Waals surface area (Å²) in [6.07, 6.45) is 0. The highest BCUT2D eigenvalue weighted by molar-refractivity contribution is 6.31. The molecule has 31 heavy (non-hydrogen) atoms. The highest BCUT2D eigenvalue weighted by Crippen LogP contribution is 2.45. The third-order valence-electron chi connectivity index (χ3n) is 5.30. The molecular weight excluding hydrogens is 423 g/mol. The highest BCUT2D eigenvalue weighted by atomic mass is 35.5. The predicted octanol–water partition coefficient (Wildman–Crippen LogP) is 4.51. The molecule has 6 nitrogen and oxygen atoms in total. The van der Waals surface area contributed by atoms with Crippen LogP contribution in [0.5, 0.6) is 5.75 Å². The molecule has 3 N–H and O–H groups in total. The average molecular weight is 441 g/mol. The minimum atomic E-state index is -1.20. The van der Waals surface area contributed by atoms with Crippen LogP contribution in [-0.2, 0) is 6.54 Å². The van der Waals surface area contributed by atoms with Crippen LogP contribution in [-0.4, -0.2) is 29.0 Å². The quantitative estimate of drug-likeness (QED) is 0.569. The first kappa shape index (κ1) is 20.7. The van der Waals surface area contributed by atoms with Crippen molar-refractivity contribution in [1.82, 2.24) is 4.90 Å². The van der Waals surface area contributed by atoms with Gasteiger partial charge in [0.2, 0.25) is 0 Å². The largest absolute Gasteiger partial charge is 0.497 e. The minimum absolute atomic E-state index is 0.0972. The van der Waals surface area contributed by atoms with Crippen molar-refractivity contribution in [2.75, 3.05) is 12.8 Å². The van der Waals surface area contributed by atoms with Gasteiger partial charge < -0.3 is 20.5 Å². The third-order valence-corrected chi connectivity index (χ3v) is 5.64. The standard InChI is InChI=1S/C23H18ClFN2O4/c1-31-15-5-2-12(3-6-15)11-27-21(16-10-14(25)4-7-18(16)24)20-17(22(27)28)8-13(23(29)30)9-19(20)26/h2-10,21H,11,26H2,1H3,(H,29,30). The Morgan fingerprint density at radius 2 is 1.90 bits per heavy atom. The molecule has 0 aliphatic carbocycles. The summed E-state index contributed by atoms with van der Waals surface area (Å²) in [5, 5.41) is 9.65. The van der Waals surface area contributed by atoms with Crippen LogP contribution in [0.1, 0.15) is 43.4 Å². The van der Waals surface area contributed by atoms with Gasteiger partial charge in [0.25, 0.3) is 5.91 Å². The van der Waals surface area contributed by atoms with Crippen LogP contribution in [0, 0.1) is 5.82 Å². The maximum Gasteiger partial charge on any atom is 0.335 e. The summed E-state index contributed by atoms with van der Waals surface area (Å²) < 4.78 is 19.3. The second-order valence-corrected chi connectivity index (χ2v) is 7.59. The number of aromatic carboxylic acids is 1. The first-order chi connectivity index (χ1) is 14.8. The molecule has 8 heteroatoms. The van der Waals surface area contributed by atoms with E-state index in [1.165, 1.54) is 35.2 Å². The molecular formula is C23H18ClFN2O4. The van der Waals surface area contributed by atoms with E-state index in [4.69, 9.17) is 22.1 Å². The lowest BCUT2D eigenvalue weighted by molar-refractivity contribution is 0.0696. The van der Waals surface area contributed by atoms with E-state index in [1.54, 1.807) is 19.2 Å². The monoisotopic (exact) mass is 440 g/mol. The molecule has 0 spiro atoms. The molecule has 1 unspecified atom stereocenters. The molecule has 0 saturated carbocycles. The van der Waals surface area contributed by atoms with Crippen molar-refractivity contribution in [2.24, 2.45) is 0 Å². The van der Waals surface area contributed by atoms with Gasteiger partial charge in [-0.05, 0) is 48.0 Å². The van der Waals surface area contributed by atoms with E-state index in [0.717, 1.165) is 5.56 Å². The number of amides is 1. The number of methoxy groups -OCH3 is 1. The Hall–Kier alpha value is -3.58. The van der Waals surface area contributed by atoms with Crippen molar-refractivity contribution in [3.8, 4) is 5.75 Å². The zero-order chi connectivity index (χ0) is 22.3. The van der Waals surface area contributed by atoms with Gasteiger partial charge in [0.15, 0.2) is 0 Å². The molecule has 1 aliphatic heterocycles. The summed E-state index contributed by atoms with van der Waals surface area (Å²) in [6.45, 7) is 0.177. The third kappa shape index (κ3) is 3.68. The number of rotatable bonds is 5. The number of carbonyl (C=O) groups is 2. The summed E-state index contributed by atoms with van der Waals surface area (Å²) in [6, 6.07) is 12.9. The van der Waals surface area contributed by atoms with Gasteiger partial charge in [-0.3, -0.25) is 4.79 Å². The van der Waals surface area contributed by atoms with Crippen molar-refractivity contribution in [3.63, 3.8) is 0 Å². The number of ether oxygens (including phenoxy) is 1. The van der Waals surface area contributed by atoms with Gasteiger partial charge >= 0.3 is 5.97 Å². The van der Waals surface area contributed by atoms with E-state index >= 15 is 0 Å². The minimum Gasteiger partial charge on any atom is -0.497 e. The van der Waals surface area contributed by atoms with Crippen molar-refractivity contribution in [1.29, 1.82) is 0 Å². The number of halogens is 2. The van der Waals surface area contributed by atoms with Gasteiger partial charge in [-0.25, -0.2) is 9.18 Å². The Balaban J connectivity index is 1.87. The van der Waals surface area contributed by atoms with Crippen LogP contribution < -0.4 is 10.5 Å². The van der Waals surface area contributed by atoms with Crippen molar-refractivity contribution in [3.05, 3.63) is 93.3 Å². The molecule has 1 aliphatic rings. The molecule has 4 rings (SSSR count). The molecule has 0 aromatic heterocycles. The summed E-state index contributed by atoms with van der Waals surface area (Å²) in [5.41, 5.74) is 7.97. The van der Waals surface area contributed by atoms with E-state index in [1.807, 2.05) is 12.1 Å². The average Bonchev–Trinajstić information content (AvgIpc) is 3.02. The molecule has 0 fully saturated rings. The maximum atomic E-state index is 14.1. The lowest BCUT2D eigenvalue weighted by Crippen LogP contribution is -2.28. The fourth-order valence-corrected chi connectivity index (χ4v) is 4.07. The molecule has 3 aromatic carbocycles. The Kier molecular flexibility index (Phi) is 5.29. The molecule has 0 radical (unpaired) electrons. The number of fused-ring (bicyclic) bond motifs is 1.